The summed E-state index contributed by atoms with van der Waals surface area (Å²) in [6.07, 6.45) is -7.93. The number of halogens is 5. The van der Waals surface area contributed by atoms with E-state index in [4.69, 9.17) is 0 Å². The summed E-state index contributed by atoms with van der Waals surface area (Å²) in [6.45, 7) is 0. The molecule has 0 spiro atoms. The Kier molecular flexibility index (Phi) is 4.51. The van der Waals surface area contributed by atoms with E-state index in [1.165, 1.54) is 0 Å². The second-order valence-corrected chi connectivity index (χ2v) is 4.02. The van der Waals surface area contributed by atoms with Crippen molar-refractivity contribution in [2.45, 2.75) is 18.4 Å². The minimum absolute atomic E-state index is 0.0795. The monoisotopic (exact) mass is 316 g/mol. The molecule has 0 saturated heterocycles. The van der Waals surface area contributed by atoms with Crippen molar-refractivity contribution in [3.05, 3.63) is 35.1 Å². The highest BCUT2D eigenvalue weighted by Gasteiger charge is 2.36. The van der Waals surface area contributed by atoms with Crippen LogP contribution in [0.3, 0.4) is 0 Å². The molecule has 0 radical (unpaired) electrons. The lowest BCUT2D eigenvalue weighted by Gasteiger charge is -2.18. The van der Waals surface area contributed by atoms with Crippen LogP contribution in [0.1, 0.15) is 17.2 Å². The van der Waals surface area contributed by atoms with Crippen LogP contribution in [0.25, 0.3) is 0 Å². The van der Waals surface area contributed by atoms with E-state index in [1.54, 1.807) is 0 Å². The zero-order chi connectivity index (χ0) is 13.2. The predicted molar refractivity (Wildman–Crippen MR) is 56.2 cm³/mol. The fourth-order valence-electron chi connectivity index (χ4n) is 1.29. The van der Waals surface area contributed by atoms with E-state index in [1.807, 2.05) is 0 Å². The normalized spacial score (nSPS) is 15.7. The molecule has 0 heterocycles. The summed E-state index contributed by atoms with van der Waals surface area (Å²) in [5, 5.41) is 18.6. The van der Waals surface area contributed by atoms with Gasteiger partial charge in [0.05, 0.1) is 11.7 Å². The number of aliphatic hydroxyl groups is 2. The molecule has 0 bridgehead atoms. The van der Waals surface area contributed by atoms with Crippen LogP contribution in [-0.2, 0) is 6.18 Å². The summed E-state index contributed by atoms with van der Waals surface area (Å²) >= 11 is 2.84. The predicted octanol–water partition coefficient (Wildman–Crippen LogP) is 2.63. The Balaban J connectivity index is 3.19. The van der Waals surface area contributed by atoms with Gasteiger partial charge in [-0.1, -0.05) is 28.1 Å². The van der Waals surface area contributed by atoms with Crippen LogP contribution in [0.2, 0.25) is 0 Å². The standard InChI is InChI=1S/C10H9BrF4O2/c11-4-7(16)9(17)5-2-1-3-6(8(5)12)10(13,14)15/h1-3,7,9,16-17H,4H2. The van der Waals surface area contributed by atoms with Gasteiger partial charge in [-0.25, -0.2) is 4.39 Å². The third-order valence-corrected chi connectivity index (χ3v) is 2.84. The fraction of sp³-hybridized carbons (Fsp3) is 0.400. The molecule has 2 unspecified atom stereocenters. The van der Waals surface area contributed by atoms with Gasteiger partial charge in [-0.3, -0.25) is 0 Å². The zero-order valence-corrected chi connectivity index (χ0v) is 9.96. The molecule has 2 nitrogen and oxygen atoms in total. The molecule has 1 aromatic carbocycles. The fourth-order valence-corrected chi connectivity index (χ4v) is 1.64. The molecular formula is C10H9BrF4O2. The summed E-state index contributed by atoms with van der Waals surface area (Å²) in [5.41, 5.74) is -2.04. The SMILES string of the molecule is OC(CBr)C(O)c1cccc(C(F)(F)F)c1F. The highest BCUT2D eigenvalue weighted by molar-refractivity contribution is 9.09. The first-order chi connectivity index (χ1) is 7.79. The van der Waals surface area contributed by atoms with Crippen molar-refractivity contribution >= 4 is 15.9 Å². The van der Waals surface area contributed by atoms with Gasteiger partial charge in [0.15, 0.2) is 0 Å². The van der Waals surface area contributed by atoms with Gasteiger partial charge in [-0.05, 0) is 6.07 Å². The average Bonchev–Trinajstić information content (AvgIpc) is 2.25. The Morgan fingerprint density at radius 1 is 1.24 bits per heavy atom. The topological polar surface area (TPSA) is 40.5 Å². The average molecular weight is 317 g/mol. The summed E-state index contributed by atoms with van der Waals surface area (Å²) in [5.74, 6) is -1.56. The molecular weight excluding hydrogens is 308 g/mol. The molecule has 96 valence electrons. The van der Waals surface area contributed by atoms with Gasteiger partial charge in [0.25, 0.3) is 0 Å². The third kappa shape index (κ3) is 3.17. The maximum Gasteiger partial charge on any atom is 0.419 e. The first-order valence-corrected chi connectivity index (χ1v) is 5.69. The first-order valence-electron chi connectivity index (χ1n) is 4.56. The quantitative estimate of drug-likeness (QED) is 0.665. The Morgan fingerprint density at radius 3 is 2.29 bits per heavy atom. The van der Waals surface area contributed by atoms with Crippen molar-refractivity contribution in [2.24, 2.45) is 0 Å². The molecule has 0 aliphatic carbocycles. The molecule has 0 aromatic heterocycles. The lowest BCUT2D eigenvalue weighted by Crippen LogP contribution is -2.22. The number of benzene rings is 1. The maximum absolute atomic E-state index is 13.5. The highest BCUT2D eigenvalue weighted by Crippen LogP contribution is 2.34. The van der Waals surface area contributed by atoms with Crippen molar-refractivity contribution in [2.75, 3.05) is 5.33 Å². The molecule has 17 heavy (non-hydrogen) atoms. The molecule has 0 fully saturated rings. The van der Waals surface area contributed by atoms with Crippen LogP contribution in [0.4, 0.5) is 17.6 Å². The number of alkyl halides is 4. The minimum atomic E-state index is -4.83. The van der Waals surface area contributed by atoms with E-state index in [2.05, 4.69) is 15.9 Å². The van der Waals surface area contributed by atoms with Crippen molar-refractivity contribution < 1.29 is 27.8 Å². The second-order valence-electron chi connectivity index (χ2n) is 3.37. The van der Waals surface area contributed by atoms with Gasteiger partial charge in [-0.15, -0.1) is 0 Å². The molecule has 0 aliphatic rings. The van der Waals surface area contributed by atoms with Gasteiger partial charge in [-0.2, -0.15) is 13.2 Å². The molecule has 0 aliphatic heterocycles. The highest BCUT2D eigenvalue weighted by atomic mass is 79.9. The van der Waals surface area contributed by atoms with Crippen molar-refractivity contribution in [1.82, 2.24) is 0 Å². The van der Waals surface area contributed by atoms with E-state index < -0.39 is 35.3 Å². The number of hydrogen-bond acceptors (Lipinski definition) is 2. The summed E-state index contributed by atoms with van der Waals surface area (Å²) in [7, 11) is 0. The molecule has 7 heteroatoms. The molecule has 2 N–H and O–H groups in total. The van der Waals surface area contributed by atoms with E-state index in [9.17, 15) is 27.8 Å². The van der Waals surface area contributed by atoms with Crippen LogP contribution in [0.5, 0.6) is 0 Å². The van der Waals surface area contributed by atoms with E-state index in [-0.39, 0.29) is 5.33 Å². The number of hydrogen-bond donors (Lipinski definition) is 2. The molecule has 2 atom stereocenters. The van der Waals surface area contributed by atoms with Gasteiger partial charge in [0.1, 0.15) is 11.9 Å². The molecule has 1 aromatic rings. The molecule has 0 amide bonds. The molecule has 1 rings (SSSR count). The Bertz CT molecular complexity index is 394. The lowest BCUT2D eigenvalue weighted by molar-refractivity contribution is -0.140. The third-order valence-electron chi connectivity index (χ3n) is 2.18. The van der Waals surface area contributed by atoms with E-state index in [0.29, 0.717) is 6.07 Å². The van der Waals surface area contributed by atoms with Gasteiger partial charge >= 0.3 is 6.18 Å². The largest absolute Gasteiger partial charge is 0.419 e. The summed E-state index contributed by atoms with van der Waals surface area (Å²) in [6, 6.07) is 2.55. The number of rotatable bonds is 3. The number of aliphatic hydroxyl groups excluding tert-OH is 2. The second kappa shape index (κ2) is 5.32. The smallest absolute Gasteiger partial charge is 0.389 e. The lowest BCUT2D eigenvalue weighted by atomic mass is 10.0. The van der Waals surface area contributed by atoms with E-state index in [0.717, 1.165) is 12.1 Å². The first kappa shape index (κ1) is 14.4. The van der Waals surface area contributed by atoms with Gasteiger partial charge in [0.2, 0.25) is 0 Å². The summed E-state index contributed by atoms with van der Waals surface area (Å²) < 4.78 is 50.7. The maximum atomic E-state index is 13.5. The Labute approximate surface area is 103 Å². The van der Waals surface area contributed by atoms with E-state index >= 15 is 0 Å². The van der Waals surface area contributed by atoms with Gasteiger partial charge < -0.3 is 10.2 Å². The summed E-state index contributed by atoms with van der Waals surface area (Å²) in [4.78, 5) is 0. The van der Waals surface area contributed by atoms with Crippen LogP contribution in [0.15, 0.2) is 18.2 Å². The Morgan fingerprint density at radius 2 is 1.82 bits per heavy atom. The molecule has 0 saturated carbocycles. The van der Waals surface area contributed by atoms with Crippen LogP contribution >= 0.6 is 15.9 Å². The van der Waals surface area contributed by atoms with Crippen LogP contribution < -0.4 is 0 Å². The Hall–Kier alpha value is -0.660. The van der Waals surface area contributed by atoms with Crippen LogP contribution in [-0.4, -0.2) is 21.6 Å². The van der Waals surface area contributed by atoms with Crippen LogP contribution in [0, 0.1) is 5.82 Å². The van der Waals surface area contributed by atoms with Gasteiger partial charge in [0, 0.05) is 10.9 Å². The minimum Gasteiger partial charge on any atom is -0.389 e. The van der Waals surface area contributed by atoms with Crippen molar-refractivity contribution in [1.29, 1.82) is 0 Å². The van der Waals surface area contributed by atoms with Crippen molar-refractivity contribution in [3.8, 4) is 0 Å². The van der Waals surface area contributed by atoms with Crippen molar-refractivity contribution in [3.63, 3.8) is 0 Å². The zero-order valence-electron chi connectivity index (χ0n) is 8.38.